The van der Waals surface area contributed by atoms with Crippen LogP contribution in [0.4, 0.5) is 0 Å². The quantitative estimate of drug-likeness (QED) is 0.619. The number of rotatable bonds is 7. The molecule has 0 spiro atoms. The van der Waals surface area contributed by atoms with Crippen molar-refractivity contribution in [2.45, 2.75) is 64.2 Å². The van der Waals surface area contributed by atoms with Gasteiger partial charge in [0.1, 0.15) is 11.5 Å². The minimum Gasteiger partial charge on any atom is -0.493 e. The highest BCUT2D eigenvalue weighted by Crippen LogP contribution is 2.38. The summed E-state index contributed by atoms with van der Waals surface area (Å²) in [4.78, 5) is 10.9. The van der Waals surface area contributed by atoms with E-state index in [1.807, 2.05) is 12.1 Å². The number of halogens is 1. The number of benzene rings is 1. The molecule has 0 heterocycles. The van der Waals surface area contributed by atoms with Gasteiger partial charge in [-0.3, -0.25) is 0 Å². The average Bonchev–Trinajstić information content (AvgIpc) is 2.49. The molecule has 0 aliphatic heterocycles. The van der Waals surface area contributed by atoms with Crippen LogP contribution in [0.1, 0.15) is 69.8 Å². The topological polar surface area (TPSA) is 26.3 Å². The summed E-state index contributed by atoms with van der Waals surface area (Å²) in [7, 11) is 0. The van der Waals surface area contributed by atoms with Gasteiger partial charge in [-0.05, 0) is 62.3 Å². The smallest absolute Gasteiger partial charge is 0.129 e. The van der Waals surface area contributed by atoms with Crippen molar-refractivity contribution in [2.24, 2.45) is 0 Å². The molecule has 0 radical (unpaired) electrons. The zero-order chi connectivity index (χ0) is 15.1. The lowest BCUT2D eigenvalue weighted by Gasteiger charge is -2.24. The lowest BCUT2D eigenvalue weighted by Crippen LogP contribution is -2.08. The van der Waals surface area contributed by atoms with Crippen LogP contribution in [0.5, 0.6) is 5.75 Å². The molecule has 0 amide bonds. The van der Waals surface area contributed by atoms with Gasteiger partial charge in [-0.15, -0.1) is 0 Å². The Kier molecular flexibility index (Phi) is 6.56. The van der Waals surface area contributed by atoms with Crippen molar-refractivity contribution in [3.05, 3.63) is 28.8 Å². The molecule has 0 N–H and O–H groups in total. The predicted octanol–water partition coefficient (Wildman–Crippen LogP) is 5.53. The Hall–Kier alpha value is -1.02. The predicted molar refractivity (Wildman–Crippen MR) is 87.3 cm³/mol. The molecule has 0 unspecified atom stereocenters. The Bertz CT molecular complexity index is 464. The van der Waals surface area contributed by atoms with E-state index in [1.54, 1.807) is 6.92 Å². The maximum atomic E-state index is 10.9. The lowest BCUT2D eigenvalue weighted by molar-refractivity contribution is -0.117. The lowest BCUT2D eigenvalue weighted by atomic mass is 9.84. The second-order valence-corrected chi connectivity index (χ2v) is 6.46. The van der Waals surface area contributed by atoms with E-state index in [0.29, 0.717) is 18.9 Å². The highest BCUT2D eigenvalue weighted by atomic mass is 35.5. The molecule has 1 saturated carbocycles. The number of carbonyl (C=O) groups excluding carboxylic acids is 1. The number of hydrogen-bond acceptors (Lipinski definition) is 2. The van der Waals surface area contributed by atoms with Crippen LogP contribution in [0.15, 0.2) is 18.2 Å². The Labute approximate surface area is 132 Å². The zero-order valence-electron chi connectivity index (χ0n) is 12.9. The Morgan fingerprint density at radius 2 is 2.00 bits per heavy atom. The number of carbonyl (C=O) groups is 1. The van der Waals surface area contributed by atoms with Crippen molar-refractivity contribution in [1.82, 2.24) is 0 Å². The third kappa shape index (κ3) is 5.35. The first-order chi connectivity index (χ1) is 10.2. The van der Waals surface area contributed by atoms with E-state index in [9.17, 15) is 4.79 Å². The molecule has 1 aliphatic carbocycles. The van der Waals surface area contributed by atoms with Gasteiger partial charge >= 0.3 is 0 Å². The molecule has 0 saturated heterocycles. The highest BCUT2D eigenvalue weighted by molar-refractivity contribution is 6.30. The molecule has 0 atom stereocenters. The third-order valence-corrected chi connectivity index (χ3v) is 4.43. The number of ether oxygens (including phenoxy) is 1. The Morgan fingerprint density at radius 1 is 1.24 bits per heavy atom. The normalized spacial score (nSPS) is 15.9. The number of Topliss-reactive ketones (excluding diaryl/α,β-unsaturated/α-hetero) is 1. The Morgan fingerprint density at radius 3 is 2.71 bits per heavy atom. The number of unbranched alkanes of at least 4 members (excludes halogenated alkanes) is 1. The van der Waals surface area contributed by atoms with Crippen molar-refractivity contribution in [3.63, 3.8) is 0 Å². The van der Waals surface area contributed by atoms with Crippen LogP contribution < -0.4 is 4.74 Å². The molecular formula is C18H25ClO2. The van der Waals surface area contributed by atoms with E-state index in [1.165, 1.54) is 37.7 Å². The van der Waals surface area contributed by atoms with E-state index >= 15 is 0 Å². The summed E-state index contributed by atoms with van der Waals surface area (Å²) >= 11 is 6.16. The van der Waals surface area contributed by atoms with Gasteiger partial charge in [-0.1, -0.05) is 30.9 Å². The Balaban J connectivity index is 1.93. The second kappa shape index (κ2) is 8.43. The van der Waals surface area contributed by atoms with Gasteiger partial charge in [0.15, 0.2) is 0 Å². The van der Waals surface area contributed by atoms with Crippen molar-refractivity contribution >= 4 is 17.4 Å². The fourth-order valence-corrected chi connectivity index (χ4v) is 3.22. The van der Waals surface area contributed by atoms with Crippen LogP contribution in [0.2, 0.25) is 5.02 Å². The fourth-order valence-electron chi connectivity index (χ4n) is 3.04. The molecule has 0 aromatic heterocycles. The third-order valence-electron chi connectivity index (χ3n) is 4.20. The van der Waals surface area contributed by atoms with E-state index < -0.39 is 0 Å². The molecule has 1 aliphatic rings. The van der Waals surface area contributed by atoms with Gasteiger partial charge in [-0.2, -0.15) is 0 Å². The first-order valence-electron chi connectivity index (χ1n) is 8.08. The van der Waals surface area contributed by atoms with E-state index in [4.69, 9.17) is 16.3 Å². The van der Waals surface area contributed by atoms with Gasteiger partial charge in [0.2, 0.25) is 0 Å². The van der Waals surface area contributed by atoms with E-state index in [-0.39, 0.29) is 5.78 Å². The maximum absolute atomic E-state index is 10.9. The summed E-state index contributed by atoms with van der Waals surface area (Å²) in [5.74, 6) is 1.82. The number of ketones is 1. The molecule has 2 nitrogen and oxygen atoms in total. The first-order valence-corrected chi connectivity index (χ1v) is 8.46. The molecule has 1 fully saturated rings. The summed E-state index contributed by atoms with van der Waals surface area (Å²) in [6, 6.07) is 5.97. The monoisotopic (exact) mass is 308 g/mol. The molecule has 1 aromatic carbocycles. The fraction of sp³-hybridized carbons (Fsp3) is 0.611. The van der Waals surface area contributed by atoms with Crippen molar-refractivity contribution in [2.75, 3.05) is 6.61 Å². The molecule has 3 heteroatoms. The van der Waals surface area contributed by atoms with Crippen molar-refractivity contribution in [3.8, 4) is 5.75 Å². The largest absolute Gasteiger partial charge is 0.493 e. The summed E-state index contributed by atoms with van der Waals surface area (Å²) < 4.78 is 5.96. The van der Waals surface area contributed by atoms with Crippen LogP contribution >= 0.6 is 11.6 Å². The van der Waals surface area contributed by atoms with Crippen molar-refractivity contribution < 1.29 is 9.53 Å². The van der Waals surface area contributed by atoms with Crippen LogP contribution in [-0.2, 0) is 4.79 Å². The summed E-state index contributed by atoms with van der Waals surface area (Å²) in [6.45, 7) is 2.32. The van der Waals surface area contributed by atoms with Crippen LogP contribution in [0.25, 0.3) is 0 Å². The standard InChI is InChI=1S/C18H25ClO2/c1-14(20)7-5-6-12-21-18-11-10-16(19)13-17(18)15-8-3-2-4-9-15/h10-11,13,15H,2-9,12H2,1H3. The minimum atomic E-state index is 0.254. The van der Waals surface area contributed by atoms with Crippen LogP contribution in [0, 0.1) is 0 Å². The molecule has 0 bridgehead atoms. The summed E-state index contributed by atoms with van der Waals surface area (Å²) in [5.41, 5.74) is 1.27. The zero-order valence-corrected chi connectivity index (χ0v) is 13.6. The minimum absolute atomic E-state index is 0.254. The van der Waals surface area contributed by atoms with Gasteiger partial charge in [0, 0.05) is 11.4 Å². The van der Waals surface area contributed by atoms with Crippen molar-refractivity contribution in [1.29, 1.82) is 0 Å². The molecule has 116 valence electrons. The highest BCUT2D eigenvalue weighted by Gasteiger charge is 2.19. The van der Waals surface area contributed by atoms with Crippen LogP contribution in [-0.4, -0.2) is 12.4 Å². The van der Waals surface area contributed by atoms with Gasteiger partial charge in [-0.25, -0.2) is 0 Å². The van der Waals surface area contributed by atoms with Crippen LogP contribution in [0.3, 0.4) is 0 Å². The van der Waals surface area contributed by atoms with Gasteiger partial charge < -0.3 is 9.53 Å². The SMILES string of the molecule is CC(=O)CCCCOc1ccc(Cl)cc1C1CCCCC1. The molecule has 1 aromatic rings. The summed E-state index contributed by atoms with van der Waals surface area (Å²) in [6.07, 6.45) is 8.90. The molecular weight excluding hydrogens is 284 g/mol. The van der Waals surface area contributed by atoms with Gasteiger partial charge in [0.25, 0.3) is 0 Å². The number of hydrogen-bond donors (Lipinski definition) is 0. The second-order valence-electron chi connectivity index (χ2n) is 6.02. The average molecular weight is 309 g/mol. The molecule has 2 rings (SSSR count). The van der Waals surface area contributed by atoms with E-state index in [0.717, 1.165) is 23.6 Å². The van der Waals surface area contributed by atoms with Gasteiger partial charge in [0.05, 0.1) is 6.61 Å². The summed E-state index contributed by atoms with van der Waals surface area (Å²) in [5, 5.41) is 0.791. The van der Waals surface area contributed by atoms with E-state index in [2.05, 4.69) is 6.07 Å². The first kappa shape index (κ1) is 16.4. The maximum Gasteiger partial charge on any atom is 0.129 e. The molecule has 21 heavy (non-hydrogen) atoms.